The van der Waals surface area contributed by atoms with Crippen molar-refractivity contribution in [2.75, 3.05) is 29.6 Å². The second-order valence-electron chi connectivity index (χ2n) is 5.25. The molecule has 2 aromatic rings. The second kappa shape index (κ2) is 9.26. The summed E-state index contributed by atoms with van der Waals surface area (Å²) in [5.74, 6) is 0.401. The van der Waals surface area contributed by atoms with Gasteiger partial charge in [-0.25, -0.2) is 14.6 Å². The molecule has 0 radical (unpaired) electrons. The first-order valence-electron chi connectivity index (χ1n) is 8.23. The molecule has 1 aromatic heterocycles. The van der Waals surface area contributed by atoms with E-state index in [-0.39, 0.29) is 18.4 Å². The molecule has 26 heavy (non-hydrogen) atoms. The molecule has 0 bridgehead atoms. The minimum atomic E-state index is -0.580. The molecule has 1 amide bonds. The molecule has 0 fully saturated rings. The Morgan fingerprint density at radius 3 is 2.35 bits per heavy atom. The van der Waals surface area contributed by atoms with Gasteiger partial charge in [-0.15, -0.1) is 0 Å². The summed E-state index contributed by atoms with van der Waals surface area (Å²) in [6, 6.07) is 10.4. The highest BCUT2D eigenvalue weighted by Gasteiger charge is 2.08. The number of rotatable bonds is 7. The lowest BCUT2D eigenvalue weighted by molar-refractivity contribution is 0.0526. The third-order valence-electron chi connectivity index (χ3n) is 3.38. The van der Waals surface area contributed by atoms with Crippen LogP contribution >= 0.6 is 0 Å². The van der Waals surface area contributed by atoms with Crippen LogP contribution in [0.2, 0.25) is 0 Å². The first-order chi connectivity index (χ1) is 12.5. The van der Waals surface area contributed by atoms with Crippen LogP contribution < -0.4 is 16.4 Å². The van der Waals surface area contributed by atoms with Crippen molar-refractivity contribution >= 4 is 29.4 Å². The molecule has 8 nitrogen and oxygen atoms in total. The molecule has 0 saturated carbocycles. The van der Waals surface area contributed by atoms with E-state index in [1.54, 1.807) is 38.1 Å². The van der Waals surface area contributed by atoms with Crippen molar-refractivity contribution in [1.29, 1.82) is 0 Å². The number of nitrogens with two attached hydrogens (primary N) is 1. The highest BCUT2D eigenvalue weighted by molar-refractivity contribution is 5.89. The number of amides is 1. The molecule has 4 N–H and O–H groups in total. The van der Waals surface area contributed by atoms with E-state index >= 15 is 0 Å². The lowest BCUT2D eigenvalue weighted by atomic mass is 10.1. The van der Waals surface area contributed by atoms with Crippen molar-refractivity contribution < 1.29 is 19.1 Å². The molecule has 0 saturated heterocycles. The molecule has 138 valence electrons. The van der Waals surface area contributed by atoms with Crippen LogP contribution in [-0.4, -0.2) is 30.3 Å². The van der Waals surface area contributed by atoms with Crippen molar-refractivity contribution in [3.8, 4) is 0 Å². The smallest absolute Gasteiger partial charge is 0.411 e. The summed E-state index contributed by atoms with van der Waals surface area (Å²) in [7, 11) is 0. The summed E-state index contributed by atoms with van der Waals surface area (Å²) in [6.07, 6.45) is -0.580. The van der Waals surface area contributed by atoms with E-state index in [1.165, 1.54) is 0 Å². The number of benzene rings is 1. The first kappa shape index (κ1) is 19.0. The van der Waals surface area contributed by atoms with Crippen LogP contribution in [0.15, 0.2) is 36.4 Å². The van der Waals surface area contributed by atoms with Crippen molar-refractivity contribution in [1.82, 2.24) is 4.98 Å². The number of pyridine rings is 1. The zero-order chi connectivity index (χ0) is 18.9. The van der Waals surface area contributed by atoms with Crippen LogP contribution in [0.5, 0.6) is 0 Å². The molecule has 8 heteroatoms. The van der Waals surface area contributed by atoms with Crippen LogP contribution in [0, 0.1) is 0 Å². The van der Waals surface area contributed by atoms with Gasteiger partial charge in [-0.3, -0.25) is 5.32 Å². The third kappa shape index (κ3) is 5.37. The number of carbonyl (C=O) groups excluding carboxylic acids is 2. The van der Waals surface area contributed by atoms with Gasteiger partial charge >= 0.3 is 12.1 Å². The third-order valence-corrected chi connectivity index (χ3v) is 3.38. The minimum absolute atomic E-state index is 0.181. The summed E-state index contributed by atoms with van der Waals surface area (Å²) in [4.78, 5) is 27.2. The van der Waals surface area contributed by atoms with E-state index in [0.29, 0.717) is 30.2 Å². The molecule has 1 aromatic carbocycles. The normalized spacial score (nSPS) is 10.1. The number of ether oxygens (including phenoxy) is 2. The molecule has 0 unspecified atom stereocenters. The molecule has 0 aliphatic rings. The molecule has 0 aliphatic heterocycles. The lowest BCUT2D eigenvalue weighted by Gasteiger charge is -2.10. The van der Waals surface area contributed by atoms with E-state index in [2.05, 4.69) is 15.6 Å². The van der Waals surface area contributed by atoms with E-state index in [4.69, 9.17) is 15.2 Å². The summed E-state index contributed by atoms with van der Waals surface area (Å²) < 4.78 is 9.74. The molecule has 0 spiro atoms. The van der Waals surface area contributed by atoms with E-state index in [1.807, 2.05) is 12.1 Å². The quantitative estimate of drug-likeness (QED) is 0.652. The minimum Gasteiger partial charge on any atom is -0.462 e. The van der Waals surface area contributed by atoms with Crippen molar-refractivity contribution in [2.45, 2.75) is 20.4 Å². The fraction of sp³-hybridized carbons (Fsp3) is 0.278. The molecular weight excluding hydrogens is 336 g/mol. The maximum atomic E-state index is 11.6. The molecule has 2 rings (SSSR count). The van der Waals surface area contributed by atoms with Gasteiger partial charge in [0.1, 0.15) is 11.6 Å². The van der Waals surface area contributed by atoms with Gasteiger partial charge in [-0.2, -0.15) is 0 Å². The van der Waals surface area contributed by atoms with Crippen LogP contribution in [0.3, 0.4) is 0 Å². The van der Waals surface area contributed by atoms with Gasteiger partial charge in [0.2, 0.25) is 0 Å². The number of hydrogen-bond acceptors (Lipinski definition) is 7. The van der Waals surface area contributed by atoms with Gasteiger partial charge in [-0.05, 0) is 43.7 Å². The van der Waals surface area contributed by atoms with Crippen LogP contribution in [0.4, 0.5) is 22.1 Å². The molecular formula is C18H22N4O4. The number of anilines is 3. The Bertz CT molecular complexity index is 762. The number of nitrogens with zero attached hydrogens (tertiary/aromatic N) is 1. The fourth-order valence-electron chi connectivity index (χ4n) is 2.12. The predicted octanol–water partition coefficient (Wildman–Crippen LogP) is 3.02. The highest BCUT2D eigenvalue weighted by Crippen LogP contribution is 2.19. The number of hydrogen-bond donors (Lipinski definition) is 3. The Labute approximate surface area is 151 Å². The van der Waals surface area contributed by atoms with Gasteiger partial charge in [0, 0.05) is 6.54 Å². The molecule has 0 aliphatic carbocycles. The SMILES string of the molecule is CCOC(=O)Nc1ccc(NCc2ccc(C(=O)OCC)cc2)nc1N. The number of aromatic nitrogens is 1. The summed E-state index contributed by atoms with van der Waals surface area (Å²) in [6.45, 7) is 4.60. The maximum Gasteiger partial charge on any atom is 0.411 e. The Balaban J connectivity index is 1.94. The van der Waals surface area contributed by atoms with E-state index in [9.17, 15) is 9.59 Å². The van der Waals surface area contributed by atoms with Crippen LogP contribution in [0.1, 0.15) is 29.8 Å². The van der Waals surface area contributed by atoms with Crippen molar-refractivity contribution in [3.05, 3.63) is 47.5 Å². The van der Waals surface area contributed by atoms with E-state index in [0.717, 1.165) is 5.56 Å². The fourth-order valence-corrected chi connectivity index (χ4v) is 2.12. The first-order valence-corrected chi connectivity index (χ1v) is 8.23. The maximum absolute atomic E-state index is 11.6. The number of nitrogen functional groups attached to an aromatic ring is 1. The van der Waals surface area contributed by atoms with Gasteiger partial charge in [0.15, 0.2) is 0 Å². The zero-order valence-corrected chi connectivity index (χ0v) is 14.7. The number of nitrogens with one attached hydrogen (secondary N) is 2. The molecule has 0 atom stereocenters. The van der Waals surface area contributed by atoms with Gasteiger partial charge in [0.25, 0.3) is 0 Å². The van der Waals surface area contributed by atoms with Gasteiger partial charge in [-0.1, -0.05) is 12.1 Å². The Morgan fingerprint density at radius 1 is 1.04 bits per heavy atom. The largest absolute Gasteiger partial charge is 0.462 e. The average molecular weight is 358 g/mol. The Kier molecular flexibility index (Phi) is 6.78. The standard InChI is InChI=1S/C18H22N4O4/c1-3-25-17(23)13-7-5-12(6-8-13)11-20-15-10-9-14(16(19)22-15)21-18(24)26-4-2/h5-10H,3-4,11H2,1-2H3,(H,21,24)(H3,19,20,22). The summed E-state index contributed by atoms with van der Waals surface area (Å²) in [5.41, 5.74) is 7.70. The summed E-state index contributed by atoms with van der Waals surface area (Å²) >= 11 is 0. The lowest BCUT2D eigenvalue weighted by Crippen LogP contribution is -2.15. The van der Waals surface area contributed by atoms with E-state index < -0.39 is 6.09 Å². The monoisotopic (exact) mass is 358 g/mol. The van der Waals surface area contributed by atoms with Crippen LogP contribution in [-0.2, 0) is 16.0 Å². The zero-order valence-electron chi connectivity index (χ0n) is 14.7. The Morgan fingerprint density at radius 2 is 1.73 bits per heavy atom. The predicted molar refractivity (Wildman–Crippen MR) is 99.0 cm³/mol. The van der Waals surface area contributed by atoms with Crippen molar-refractivity contribution in [3.63, 3.8) is 0 Å². The highest BCUT2D eigenvalue weighted by atomic mass is 16.5. The molecule has 1 heterocycles. The van der Waals surface area contributed by atoms with Crippen LogP contribution in [0.25, 0.3) is 0 Å². The van der Waals surface area contributed by atoms with Gasteiger partial charge in [0.05, 0.1) is 24.5 Å². The number of carbonyl (C=O) groups is 2. The van der Waals surface area contributed by atoms with Gasteiger partial charge < -0.3 is 20.5 Å². The second-order valence-corrected chi connectivity index (χ2v) is 5.25. The van der Waals surface area contributed by atoms with Crippen molar-refractivity contribution in [2.24, 2.45) is 0 Å². The average Bonchev–Trinajstić information content (AvgIpc) is 2.63. The Hall–Kier alpha value is -3.29. The topological polar surface area (TPSA) is 116 Å². The summed E-state index contributed by atoms with van der Waals surface area (Å²) in [5, 5.41) is 5.65. The number of esters is 1.